The first kappa shape index (κ1) is 22.1. The first-order valence-corrected chi connectivity index (χ1v) is 11.8. The van der Waals surface area contributed by atoms with Gasteiger partial charge in [0.2, 0.25) is 15.9 Å². The molecule has 158 valence electrons. The molecular weight excluding hydrogens is 420 g/mol. The third kappa shape index (κ3) is 5.10. The molecule has 0 aliphatic heterocycles. The van der Waals surface area contributed by atoms with Crippen molar-refractivity contribution in [1.82, 2.24) is 9.55 Å². The average molecular weight is 445 g/mol. The number of imidazole rings is 1. The van der Waals surface area contributed by atoms with E-state index in [9.17, 15) is 13.2 Å². The molecule has 1 heterocycles. The zero-order valence-corrected chi connectivity index (χ0v) is 18.6. The van der Waals surface area contributed by atoms with Crippen LogP contribution in [0.4, 0.5) is 5.69 Å². The Morgan fingerprint density at radius 1 is 1.13 bits per heavy atom. The lowest BCUT2D eigenvalue weighted by molar-refractivity contribution is -0.115. The molecule has 0 fully saturated rings. The summed E-state index contributed by atoms with van der Waals surface area (Å²) in [6.45, 7) is 6.04. The van der Waals surface area contributed by atoms with Crippen molar-refractivity contribution in [3.63, 3.8) is 0 Å². The molecule has 0 saturated heterocycles. The van der Waals surface area contributed by atoms with Crippen LogP contribution in [0, 0.1) is 0 Å². The fourth-order valence-corrected chi connectivity index (χ4v) is 4.40. The SMILES string of the molecule is CC(Sc1nccn1-c1ccccc1C(C)C)C(=O)Nc1cccc(S(N)(=O)=O)c1. The number of primary sulfonamides is 1. The maximum absolute atomic E-state index is 12.7. The van der Waals surface area contributed by atoms with Gasteiger partial charge in [-0.25, -0.2) is 18.5 Å². The van der Waals surface area contributed by atoms with Crippen molar-refractivity contribution in [2.75, 3.05) is 5.32 Å². The summed E-state index contributed by atoms with van der Waals surface area (Å²) in [7, 11) is -3.84. The van der Waals surface area contributed by atoms with Gasteiger partial charge in [-0.1, -0.05) is 49.9 Å². The van der Waals surface area contributed by atoms with E-state index in [-0.39, 0.29) is 10.8 Å². The van der Waals surface area contributed by atoms with Crippen LogP contribution < -0.4 is 10.5 Å². The van der Waals surface area contributed by atoms with E-state index in [0.29, 0.717) is 16.8 Å². The highest BCUT2D eigenvalue weighted by Crippen LogP contribution is 2.29. The lowest BCUT2D eigenvalue weighted by atomic mass is 10.0. The minimum absolute atomic E-state index is 0.0542. The molecule has 0 bridgehead atoms. The quantitative estimate of drug-likeness (QED) is 0.540. The Hall–Kier alpha value is -2.62. The lowest BCUT2D eigenvalue weighted by Crippen LogP contribution is -2.23. The van der Waals surface area contributed by atoms with Crippen molar-refractivity contribution < 1.29 is 13.2 Å². The molecule has 30 heavy (non-hydrogen) atoms. The molecule has 3 aromatic rings. The van der Waals surface area contributed by atoms with Crippen molar-refractivity contribution in [2.24, 2.45) is 5.14 Å². The largest absolute Gasteiger partial charge is 0.325 e. The highest BCUT2D eigenvalue weighted by molar-refractivity contribution is 8.00. The van der Waals surface area contributed by atoms with E-state index in [4.69, 9.17) is 5.14 Å². The van der Waals surface area contributed by atoms with E-state index in [1.54, 1.807) is 19.2 Å². The Morgan fingerprint density at radius 2 is 1.87 bits per heavy atom. The van der Waals surface area contributed by atoms with Gasteiger partial charge in [0.15, 0.2) is 5.16 Å². The number of carbonyl (C=O) groups excluding carboxylic acids is 1. The smallest absolute Gasteiger partial charge is 0.238 e. The number of thioether (sulfide) groups is 1. The number of rotatable bonds is 7. The highest BCUT2D eigenvalue weighted by Gasteiger charge is 2.20. The second kappa shape index (κ2) is 9.03. The average Bonchev–Trinajstić information content (AvgIpc) is 3.15. The molecule has 1 aromatic heterocycles. The third-order valence-electron chi connectivity index (χ3n) is 4.51. The fraction of sp³-hybridized carbons (Fsp3) is 0.238. The molecule has 1 atom stereocenters. The fourth-order valence-electron chi connectivity index (χ4n) is 2.96. The lowest BCUT2D eigenvalue weighted by Gasteiger charge is -2.17. The molecule has 9 heteroatoms. The summed E-state index contributed by atoms with van der Waals surface area (Å²) in [6.07, 6.45) is 3.59. The highest BCUT2D eigenvalue weighted by atomic mass is 32.2. The Balaban J connectivity index is 1.78. The van der Waals surface area contributed by atoms with E-state index in [0.717, 1.165) is 5.69 Å². The van der Waals surface area contributed by atoms with Gasteiger partial charge in [0.05, 0.1) is 15.8 Å². The van der Waals surface area contributed by atoms with E-state index in [2.05, 4.69) is 30.2 Å². The van der Waals surface area contributed by atoms with Crippen molar-refractivity contribution in [3.05, 3.63) is 66.5 Å². The summed E-state index contributed by atoms with van der Waals surface area (Å²) in [4.78, 5) is 17.0. The van der Waals surface area contributed by atoms with Gasteiger partial charge in [0, 0.05) is 18.1 Å². The number of benzene rings is 2. The molecule has 0 aliphatic carbocycles. The first-order chi connectivity index (χ1) is 14.2. The predicted molar refractivity (Wildman–Crippen MR) is 119 cm³/mol. The van der Waals surface area contributed by atoms with Gasteiger partial charge in [0.25, 0.3) is 0 Å². The zero-order chi connectivity index (χ0) is 21.9. The van der Waals surface area contributed by atoms with Crippen LogP contribution in [0.3, 0.4) is 0 Å². The van der Waals surface area contributed by atoms with Gasteiger partial charge in [-0.05, 0) is 42.7 Å². The minimum Gasteiger partial charge on any atom is -0.325 e. The maximum atomic E-state index is 12.7. The third-order valence-corrected chi connectivity index (χ3v) is 6.50. The summed E-state index contributed by atoms with van der Waals surface area (Å²) in [6, 6.07) is 14.0. The number of nitrogens with two attached hydrogens (primary N) is 1. The Kier molecular flexibility index (Phi) is 6.64. The van der Waals surface area contributed by atoms with Crippen LogP contribution in [-0.4, -0.2) is 29.1 Å². The normalized spacial score (nSPS) is 12.7. The number of amides is 1. The Labute approximate surface area is 180 Å². The standard InChI is InChI=1S/C21H24N4O3S2/c1-14(2)18-9-4-5-10-19(18)25-12-11-23-21(25)29-15(3)20(26)24-16-7-6-8-17(13-16)30(22,27)28/h4-15H,1-3H3,(H,24,26)(H2,22,27,28). The van der Waals surface area contributed by atoms with E-state index in [1.807, 2.05) is 29.0 Å². The molecule has 0 spiro atoms. The van der Waals surface area contributed by atoms with Crippen molar-refractivity contribution in [2.45, 2.75) is 42.0 Å². The van der Waals surface area contributed by atoms with Crippen LogP contribution in [0.15, 0.2) is 71.0 Å². The Morgan fingerprint density at radius 3 is 2.57 bits per heavy atom. The monoisotopic (exact) mass is 444 g/mol. The van der Waals surface area contributed by atoms with Gasteiger partial charge < -0.3 is 5.32 Å². The zero-order valence-electron chi connectivity index (χ0n) is 16.9. The molecule has 7 nitrogen and oxygen atoms in total. The molecule has 0 radical (unpaired) electrons. The topological polar surface area (TPSA) is 107 Å². The molecule has 0 saturated carbocycles. The van der Waals surface area contributed by atoms with Gasteiger partial charge in [-0.15, -0.1) is 0 Å². The molecule has 1 unspecified atom stereocenters. The van der Waals surface area contributed by atoms with Crippen LogP contribution in [0.25, 0.3) is 5.69 Å². The summed E-state index contributed by atoms with van der Waals surface area (Å²) in [5, 5.41) is 8.13. The van der Waals surface area contributed by atoms with E-state index in [1.165, 1.54) is 35.5 Å². The molecule has 1 amide bonds. The van der Waals surface area contributed by atoms with Gasteiger partial charge in [-0.2, -0.15) is 0 Å². The maximum Gasteiger partial charge on any atom is 0.238 e. The van der Waals surface area contributed by atoms with Crippen LogP contribution >= 0.6 is 11.8 Å². The molecule has 3 N–H and O–H groups in total. The van der Waals surface area contributed by atoms with Gasteiger partial charge in [-0.3, -0.25) is 9.36 Å². The Bertz CT molecular complexity index is 1160. The number of nitrogens with zero attached hydrogens (tertiary/aromatic N) is 2. The molecule has 0 aliphatic rings. The van der Waals surface area contributed by atoms with Crippen LogP contribution in [-0.2, 0) is 14.8 Å². The number of carbonyl (C=O) groups is 1. The minimum atomic E-state index is -3.84. The van der Waals surface area contributed by atoms with Crippen LogP contribution in [0.5, 0.6) is 0 Å². The van der Waals surface area contributed by atoms with Crippen molar-refractivity contribution >= 4 is 33.4 Å². The predicted octanol–water partition coefficient (Wildman–Crippen LogP) is 3.76. The summed E-state index contributed by atoms with van der Waals surface area (Å²) in [5.41, 5.74) is 2.59. The van der Waals surface area contributed by atoms with E-state index < -0.39 is 15.3 Å². The number of nitrogens with one attached hydrogen (secondary N) is 1. The second-order valence-corrected chi connectivity index (χ2v) is 9.98. The number of para-hydroxylation sites is 1. The van der Waals surface area contributed by atoms with E-state index >= 15 is 0 Å². The summed E-state index contributed by atoms with van der Waals surface area (Å²) >= 11 is 1.33. The molecular formula is C21H24N4O3S2. The number of anilines is 1. The van der Waals surface area contributed by atoms with Crippen molar-refractivity contribution in [3.8, 4) is 5.69 Å². The summed E-state index contributed by atoms with van der Waals surface area (Å²) in [5.74, 6) is 0.0755. The number of hydrogen-bond acceptors (Lipinski definition) is 5. The summed E-state index contributed by atoms with van der Waals surface area (Å²) < 4.78 is 25.0. The molecule has 3 rings (SSSR count). The van der Waals surface area contributed by atoms with Crippen LogP contribution in [0.2, 0.25) is 0 Å². The van der Waals surface area contributed by atoms with Crippen LogP contribution in [0.1, 0.15) is 32.3 Å². The first-order valence-electron chi connectivity index (χ1n) is 9.40. The number of sulfonamides is 1. The number of aromatic nitrogens is 2. The number of hydrogen-bond donors (Lipinski definition) is 2. The van der Waals surface area contributed by atoms with Crippen molar-refractivity contribution in [1.29, 1.82) is 0 Å². The van der Waals surface area contributed by atoms with Gasteiger partial charge >= 0.3 is 0 Å². The molecule has 2 aromatic carbocycles. The van der Waals surface area contributed by atoms with Gasteiger partial charge in [0.1, 0.15) is 0 Å². The second-order valence-electron chi connectivity index (χ2n) is 7.12.